The second-order valence-corrected chi connectivity index (χ2v) is 3.70. The van der Waals surface area contributed by atoms with Gasteiger partial charge in [-0.1, -0.05) is 6.07 Å². The Kier molecular flexibility index (Phi) is 4.45. The highest BCUT2D eigenvalue weighted by molar-refractivity contribution is 5.66. The van der Waals surface area contributed by atoms with Crippen LogP contribution in [0.2, 0.25) is 0 Å². The molecule has 1 aromatic rings. The summed E-state index contributed by atoms with van der Waals surface area (Å²) in [5.41, 5.74) is 0.747. The van der Waals surface area contributed by atoms with Gasteiger partial charge in [0.05, 0.1) is 4.92 Å². The molecule has 0 radical (unpaired) electrons. The quantitative estimate of drug-likeness (QED) is 0.604. The molecule has 17 heavy (non-hydrogen) atoms. The number of nitro benzene ring substituents is 1. The van der Waals surface area contributed by atoms with Crippen molar-refractivity contribution in [1.82, 2.24) is 0 Å². The van der Waals surface area contributed by atoms with E-state index >= 15 is 0 Å². The minimum Gasteiger partial charge on any atom is -0.481 e. The first-order chi connectivity index (χ1) is 8.00. The van der Waals surface area contributed by atoms with Gasteiger partial charge in [0.25, 0.3) is 5.69 Å². The maximum Gasteiger partial charge on any atom is 0.303 e. The van der Waals surface area contributed by atoms with Crippen LogP contribution in [0.15, 0.2) is 24.3 Å². The van der Waals surface area contributed by atoms with Crippen molar-refractivity contribution in [2.75, 3.05) is 18.5 Å². The predicted molar refractivity (Wildman–Crippen MR) is 63.2 cm³/mol. The Morgan fingerprint density at radius 2 is 2.24 bits per heavy atom. The average molecular weight is 238 g/mol. The van der Waals surface area contributed by atoms with Crippen molar-refractivity contribution in [3.05, 3.63) is 34.4 Å². The molecule has 0 saturated carbocycles. The summed E-state index contributed by atoms with van der Waals surface area (Å²) in [7, 11) is 1.78. The van der Waals surface area contributed by atoms with Crippen LogP contribution in [-0.4, -0.2) is 29.6 Å². The lowest BCUT2D eigenvalue weighted by Gasteiger charge is -2.18. The van der Waals surface area contributed by atoms with Gasteiger partial charge in [-0.25, -0.2) is 0 Å². The Labute approximate surface area is 98.6 Å². The van der Waals surface area contributed by atoms with Crippen molar-refractivity contribution in [2.24, 2.45) is 0 Å². The number of hydrogen-bond donors (Lipinski definition) is 1. The molecule has 0 fully saturated rings. The van der Waals surface area contributed by atoms with Gasteiger partial charge < -0.3 is 10.0 Å². The molecule has 0 unspecified atom stereocenters. The lowest BCUT2D eigenvalue weighted by Crippen LogP contribution is -2.19. The summed E-state index contributed by atoms with van der Waals surface area (Å²) >= 11 is 0. The summed E-state index contributed by atoms with van der Waals surface area (Å²) in [5, 5.41) is 19.1. The normalized spacial score (nSPS) is 9.94. The highest BCUT2D eigenvalue weighted by Crippen LogP contribution is 2.20. The van der Waals surface area contributed by atoms with Crippen LogP contribution in [0.25, 0.3) is 0 Å². The molecule has 0 bridgehead atoms. The Balaban J connectivity index is 2.62. The minimum atomic E-state index is -0.836. The van der Waals surface area contributed by atoms with E-state index in [2.05, 4.69) is 0 Å². The predicted octanol–water partition coefficient (Wildman–Crippen LogP) is 1.90. The SMILES string of the molecule is CN(CCCC(=O)O)c1cccc([N+](=O)[O-])c1. The van der Waals surface area contributed by atoms with E-state index in [1.54, 1.807) is 24.1 Å². The Bertz CT molecular complexity index is 420. The van der Waals surface area contributed by atoms with Gasteiger partial charge in [0, 0.05) is 37.8 Å². The van der Waals surface area contributed by atoms with Crippen LogP contribution in [0.4, 0.5) is 11.4 Å². The summed E-state index contributed by atoms with van der Waals surface area (Å²) in [6.45, 7) is 0.549. The summed E-state index contributed by atoms with van der Waals surface area (Å²) in [6, 6.07) is 6.27. The molecule has 0 aliphatic heterocycles. The number of carboxylic acids is 1. The number of aliphatic carboxylic acids is 1. The number of carbonyl (C=O) groups is 1. The van der Waals surface area contributed by atoms with E-state index in [4.69, 9.17) is 5.11 Å². The fraction of sp³-hybridized carbons (Fsp3) is 0.364. The monoisotopic (exact) mass is 238 g/mol. The molecular formula is C11H14N2O4. The van der Waals surface area contributed by atoms with Crippen molar-refractivity contribution in [3.63, 3.8) is 0 Å². The van der Waals surface area contributed by atoms with Crippen LogP contribution in [0.5, 0.6) is 0 Å². The maximum absolute atomic E-state index is 10.6. The van der Waals surface area contributed by atoms with Crippen LogP contribution in [-0.2, 0) is 4.79 Å². The molecule has 0 amide bonds. The van der Waals surface area contributed by atoms with Crippen molar-refractivity contribution in [3.8, 4) is 0 Å². The topological polar surface area (TPSA) is 83.7 Å². The van der Waals surface area contributed by atoms with Crippen LogP contribution in [0, 0.1) is 10.1 Å². The molecule has 6 heteroatoms. The molecule has 0 atom stereocenters. The minimum absolute atomic E-state index is 0.0348. The van der Waals surface area contributed by atoms with E-state index in [1.807, 2.05) is 0 Å². The van der Waals surface area contributed by atoms with E-state index in [0.29, 0.717) is 18.7 Å². The third-order valence-electron chi connectivity index (χ3n) is 2.37. The Morgan fingerprint density at radius 3 is 2.82 bits per heavy atom. The Morgan fingerprint density at radius 1 is 1.53 bits per heavy atom. The van der Waals surface area contributed by atoms with Crippen molar-refractivity contribution in [1.29, 1.82) is 0 Å². The smallest absolute Gasteiger partial charge is 0.303 e. The molecule has 1 rings (SSSR count). The van der Waals surface area contributed by atoms with Crippen LogP contribution in [0.1, 0.15) is 12.8 Å². The van der Waals surface area contributed by atoms with Gasteiger partial charge >= 0.3 is 5.97 Å². The van der Waals surface area contributed by atoms with Gasteiger partial charge in [0.2, 0.25) is 0 Å². The van der Waals surface area contributed by atoms with Crippen LogP contribution >= 0.6 is 0 Å². The van der Waals surface area contributed by atoms with Crippen molar-refractivity contribution >= 4 is 17.3 Å². The molecular weight excluding hydrogens is 224 g/mol. The molecule has 0 aliphatic rings. The summed E-state index contributed by atoms with van der Waals surface area (Å²) < 4.78 is 0. The largest absolute Gasteiger partial charge is 0.481 e. The first kappa shape index (κ1) is 13.0. The van der Waals surface area contributed by atoms with Gasteiger partial charge in [0.15, 0.2) is 0 Å². The van der Waals surface area contributed by atoms with Gasteiger partial charge in [-0.3, -0.25) is 14.9 Å². The molecule has 1 aromatic carbocycles. The molecule has 0 spiro atoms. The third kappa shape index (κ3) is 4.10. The second-order valence-electron chi connectivity index (χ2n) is 3.70. The number of nitro groups is 1. The summed E-state index contributed by atoms with van der Waals surface area (Å²) in [5.74, 6) is -0.836. The first-order valence-electron chi connectivity index (χ1n) is 5.18. The van der Waals surface area contributed by atoms with Gasteiger partial charge in [-0.15, -0.1) is 0 Å². The molecule has 0 aromatic heterocycles. The van der Waals surface area contributed by atoms with E-state index < -0.39 is 10.9 Å². The summed E-state index contributed by atoms with van der Waals surface area (Å²) in [6.07, 6.45) is 0.605. The summed E-state index contributed by atoms with van der Waals surface area (Å²) in [4.78, 5) is 22.3. The lowest BCUT2D eigenvalue weighted by atomic mass is 10.2. The highest BCUT2D eigenvalue weighted by atomic mass is 16.6. The van der Waals surface area contributed by atoms with Crippen LogP contribution < -0.4 is 4.90 Å². The van der Waals surface area contributed by atoms with Gasteiger partial charge in [-0.05, 0) is 12.5 Å². The number of nitrogens with zero attached hydrogens (tertiary/aromatic N) is 2. The lowest BCUT2D eigenvalue weighted by molar-refractivity contribution is -0.384. The number of rotatable bonds is 6. The van der Waals surface area contributed by atoms with Crippen LogP contribution in [0.3, 0.4) is 0 Å². The first-order valence-corrected chi connectivity index (χ1v) is 5.18. The van der Waals surface area contributed by atoms with Crippen molar-refractivity contribution < 1.29 is 14.8 Å². The van der Waals surface area contributed by atoms with E-state index in [0.717, 1.165) is 0 Å². The molecule has 0 aliphatic carbocycles. The molecule has 0 heterocycles. The van der Waals surface area contributed by atoms with Gasteiger partial charge in [-0.2, -0.15) is 0 Å². The fourth-order valence-electron chi connectivity index (χ4n) is 1.44. The fourth-order valence-corrected chi connectivity index (χ4v) is 1.44. The number of anilines is 1. The molecule has 6 nitrogen and oxygen atoms in total. The van der Waals surface area contributed by atoms with E-state index in [-0.39, 0.29) is 12.1 Å². The van der Waals surface area contributed by atoms with E-state index in [1.165, 1.54) is 12.1 Å². The van der Waals surface area contributed by atoms with Gasteiger partial charge in [0.1, 0.15) is 0 Å². The number of hydrogen-bond acceptors (Lipinski definition) is 4. The maximum atomic E-state index is 10.6. The second kappa shape index (κ2) is 5.83. The number of carboxylic acid groups (broad SMARTS) is 1. The zero-order chi connectivity index (χ0) is 12.8. The highest BCUT2D eigenvalue weighted by Gasteiger charge is 2.08. The average Bonchev–Trinajstić information content (AvgIpc) is 2.28. The molecule has 0 saturated heterocycles. The number of non-ortho nitro benzene ring substituents is 1. The van der Waals surface area contributed by atoms with Crippen molar-refractivity contribution in [2.45, 2.75) is 12.8 Å². The Hall–Kier alpha value is -2.11. The number of benzene rings is 1. The standard InChI is InChI=1S/C11H14N2O4/c1-12(7-3-6-11(14)15)9-4-2-5-10(8-9)13(16)17/h2,4-5,8H,3,6-7H2,1H3,(H,14,15). The zero-order valence-electron chi connectivity index (χ0n) is 9.50. The molecule has 1 N–H and O–H groups in total. The molecule has 92 valence electrons. The van der Waals surface area contributed by atoms with E-state index in [9.17, 15) is 14.9 Å². The third-order valence-corrected chi connectivity index (χ3v) is 2.37. The zero-order valence-corrected chi connectivity index (χ0v) is 9.50.